The number of carbonyl (C=O) groups excluding carboxylic acids is 2. The highest BCUT2D eigenvalue weighted by Gasteiger charge is 2.50. The Morgan fingerprint density at radius 1 is 0.720 bits per heavy atom. The Bertz CT molecular complexity index is 1350. The molecule has 0 spiro atoms. The third-order valence-corrected chi connectivity index (χ3v) is 12.0. The van der Waals surface area contributed by atoms with Crippen LogP contribution in [-0.2, 0) is 50.7 Å². The van der Waals surface area contributed by atoms with Crippen molar-refractivity contribution in [3.8, 4) is 0 Å². The van der Waals surface area contributed by atoms with E-state index in [9.17, 15) is 44.2 Å². The number of cyclic esters (lactones) is 2. The highest BCUT2D eigenvalue weighted by molar-refractivity contribution is 7.91. The Balaban J connectivity index is 1.33. The van der Waals surface area contributed by atoms with Gasteiger partial charge in [-0.05, 0) is 49.7 Å². The second kappa shape index (κ2) is 16.7. The van der Waals surface area contributed by atoms with E-state index in [1.165, 1.54) is 0 Å². The van der Waals surface area contributed by atoms with Crippen LogP contribution in [0.25, 0.3) is 0 Å². The van der Waals surface area contributed by atoms with Gasteiger partial charge >= 0.3 is 23.9 Å². The summed E-state index contributed by atoms with van der Waals surface area (Å²) in [6, 6.07) is 19.0. The number of carboxylic acid groups (broad SMARTS) is 2. The number of ether oxygens (including phenoxy) is 2. The molecule has 2 fully saturated rings. The molecular weight excluding hydrogens is 664 g/mol. The van der Waals surface area contributed by atoms with Crippen molar-refractivity contribution in [1.29, 1.82) is 0 Å². The van der Waals surface area contributed by atoms with E-state index in [0.717, 1.165) is 11.1 Å². The summed E-state index contributed by atoms with van der Waals surface area (Å²) in [7, 11) is 0. The van der Waals surface area contributed by atoms with E-state index in [1.54, 1.807) is 0 Å². The molecular formula is C38H50O11S. The third-order valence-electron chi connectivity index (χ3n) is 10.5. The van der Waals surface area contributed by atoms with Crippen LogP contribution in [0, 0.1) is 0 Å². The number of carbonyl (C=O) groups is 4. The fourth-order valence-electron chi connectivity index (χ4n) is 7.63. The van der Waals surface area contributed by atoms with Gasteiger partial charge in [0, 0.05) is 23.7 Å². The molecule has 2 aromatic carbocycles. The van der Waals surface area contributed by atoms with Gasteiger partial charge in [-0.25, -0.2) is 0 Å². The molecule has 0 amide bonds. The van der Waals surface area contributed by atoms with Crippen molar-refractivity contribution >= 4 is 35.1 Å². The molecule has 2 aliphatic rings. The topological polar surface area (TPSA) is 191 Å². The summed E-state index contributed by atoms with van der Waals surface area (Å²) < 4.78 is 24.6. The Morgan fingerprint density at radius 2 is 1.08 bits per heavy atom. The zero-order chi connectivity index (χ0) is 36.6. The van der Waals surface area contributed by atoms with Crippen LogP contribution >= 0.6 is 0 Å². The zero-order valence-corrected chi connectivity index (χ0v) is 29.7. The number of rotatable bonds is 18. The summed E-state index contributed by atoms with van der Waals surface area (Å²) in [5, 5.41) is 40.7. The first kappa shape index (κ1) is 39.3. The lowest BCUT2D eigenvalue weighted by atomic mass is 9.69. The van der Waals surface area contributed by atoms with Crippen molar-refractivity contribution in [2.24, 2.45) is 0 Å². The molecule has 6 unspecified atom stereocenters. The lowest BCUT2D eigenvalue weighted by Gasteiger charge is -2.44. The first-order valence-electron chi connectivity index (χ1n) is 17.3. The molecule has 2 heterocycles. The monoisotopic (exact) mass is 714 g/mol. The van der Waals surface area contributed by atoms with E-state index in [-0.39, 0.29) is 25.7 Å². The second-order valence-electron chi connectivity index (χ2n) is 14.6. The molecule has 0 saturated carbocycles. The standard InChI is InChI=1S/C38H50O11S/c1-35(27-13-5-3-6-14-27,29-21-37(45,23-31(39)40)25-33(43)48-29)17-9-11-19-50(47)20-12-10-18-36(2,28-15-7-4-8-16-28)30-22-38(46,24-32(41)42)26-34(44)49-30/h3-8,13-16,29-30,45-46H,9-12,17-26H2,1-2H3,(H,39,40)(H,41,42). The molecule has 0 radical (unpaired) electrons. The minimum absolute atomic E-state index is 0.00315. The van der Waals surface area contributed by atoms with Crippen molar-refractivity contribution in [3.63, 3.8) is 0 Å². The van der Waals surface area contributed by atoms with Crippen LogP contribution in [0.2, 0.25) is 0 Å². The minimum Gasteiger partial charge on any atom is -0.616 e. The number of benzene rings is 2. The second-order valence-corrected chi connectivity index (χ2v) is 16.3. The molecule has 50 heavy (non-hydrogen) atoms. The van der Waals surface area contributed by atoms with Crippen LogP contribution in [0.5, 0.6) is 0 Å². The maximum atomic E-state index is 13.1. The smallest absolute Gasteiger partial charge is 0.309 e. The Labute approximate surface area is 296 Å². The molecule has 2 saturated heterocycles. The molecule has 12 heteroatoms. The molecule has 11 nitrogen and oxygen atoms in total. The van der Waals surface area contributed by atoms with Gasteiger partial charge in [-0.1, -0.05) is 85.7 Å². The van der Waals surface area contributed by atoms with Crippen LogP contribution in [0.3, 0.4) is 0 Å². The van der Waals surface area contributed by atoms with Crippen molar-refractivity contribution in [2.45, 2.75) is 125 Å². The lowest BCUT2D eigenvalue weighted by molar-refractivity contribution is -0.181. The van der Waals surface area contributed by atoms with Gasteiger partial charge in [0.25, 0.3) is 0 Å². The molecule has 0 aliphatic carbocycles. The van der Waals surface area contributed by atoms with Gasteiger partial charge in [0.2, 0.25) is 0 Å². The third kappa shape index (κ3) is 10.3. The van der Waals surface area contributed by atoms with Crippen LogP contribution in [0.1, 0.15) is 102 Å². The van der Waals surface area contributed by atoms with E-state index in [0.29, 0.717) is 50.0 Å². The molecule has 4 rings (SSSR count). The lowest BCUT2D eigenvalue weighted by Crippen LogP contribution is -2.52. The molecule has 0 aromatic heterocycles. The quantitative estimate of drug-likeness (QED) is 0.0941. The first-order valence-corrected chi connectivity index (χ1v) is 18.8. The van der Waals surface area contributed by atoms with E-state index < -0.39 is 82.1 Å². The fraction of sp³-hybridized carbons (Fsp3) is 0.579. The van der Waals surface area contributed by atoms with E-state index in [4.69, 9.17) is 9.47 Å². The molecule has 0 bridgehead atoms. The van der Waals surface area contributed by atoms with Gasteiger partial charge in [0.05, 0.1) is 36.9 Å². The molecule has 6 atom stereocenters. The summed E-state index contributed by atoms with van der Waals surface area (Å²) in [5.74, 6) is -2.69. The number of aliphatic hydroxyl groups is 2. The molecule has 2 aromatic rings. The summed E-state index contributed by atoms with van der Waals surface area (Å²) in [4.78, 5) is 48.0. The van der Waals surface area contributed by atoms with Crippen molar-refractivity contribution in [3.05, 3.63) is 71.8 Å². The number of carboxylic acids is 2. The maximum Gasteiger partial charge on any atom is 0.309 e. The van der Waals surface area contributed by atoms with Crippen LogP contribution in [0.15, 0.2) is 60.7 Å². The molecule has 274 valence electrons. The average Bonchev–Trinajstić information content (AvgIpc) is 3.03. The van der Waals surface area contributed by atoms with Crippen molar-refractivity contribution in [2.75, 3.05) is 11.5 Å². The summed E-state index contributed by atoms with van der Waals surface area (Å²) >= 11 is -1.11. The highest BCUT2D eigenvalue weighted by Crippen LogP contribution is 2.44. The number of aliphatic carboxylic acids is 2. The summed E-state index contributed by atoms with van der Waals surface area (Å²) in [6.07, 6.45) is 0.468. The van der Waals surface area contributed by atoms with Crippen molar-refractivity contribution in [1.82, 2.24) is 0 Å². The van der Waals surface area contributed by atoms with Gasteiger partial charge in [0.1, 0.15) is 23.7 Å². The largest absolute Gasteiger partial charge is 0.616 e. The predicted molar refractivity (Wildman–Crippen MR) is 186 cm³/mol. The van der Waals surface area contributed by atoms with E-state index in [1.807, 2.05) is 74.5 Å². The summed E-state index contributed by atoms with van der Waals surface area (Å²) in [6.45, 7) is 3.92. The number of hydrogen-bond donors (Lipinski definition) is 4. The van der Waals surface area contributed by atoms with Crippen molar-refractivity contribution < 1.29 is 53.6 Å². The predicted octanol–water partition coefficient (Wildman–Crippen LogP) is 4.81. The van der Waals surface area contributed by atoms with E-state index >= 15 is 0 Å². The average molecular weight is 715 g/mol. The maximum absolute atomic E-state index is 13.1. The SMILES string of the molecule is CC(CCCC[S+]([O-])CCCCC(C)(c1ccccc1)C1CC(O)(CC(=O)O)CC(=O)O1)(c1ccccc1)C1CC(O)(CC(=O)O)CC(=O)O1. The van der Waals surface area contributed by atoms with Gasteiger partial charge < -0.3 is 34.5 Å². The molecule has 4 N–H and O–H groups in total. The van der Waals surface area contributed by atoms with Crippen LogP contribution in [-0.4, -0.2) is 83.8 Å². The number of hydrogen-bond acceptors (Lipinski definition) is 9. The highest BCUT2D eigenvalue weighted by atomic mass is 32.2. The summed E-state index contributed by atoms with van der Waals surface area (Å²) in [5.41, 5.74) is -2.98. The van der Waals surface area contributed by atoms with E-state index in [2.05, 4.69) is 0 Å². The Kier molecular flexibility index (Phi) is 13.1. The molecule has 2 aliphatic heterocycles. The van der Waals surface area contributed by atoms with Gasteiger partial charge in [-0.2, -0.15) is 0 Å². The number of esters is 2. The van der Waals surface area contributed by atoms with Gasteiger partial charge in [0.15, 0.2) is 0 Å². The fourth-order valence-corrected chi connectivity index (χ4v) is 8.89. The first-order chi connectivity index (χ1) is 23.6. The minimum atomic E-state index is -1.70. The van der Waals surface area contributed by atoms with Crippen LogP contribution in [0.4, 0.5) is 0 Å². The zero-order valence-electron chi connectivity index (χ0n) is 28.9. The van der Waals surface area contributed by atoms with Crippen LogP contribution < -0.4 is 0 Å². The Morgan fingerprint density at radius 3 is 1.42 bits per heavy atom. The van der Waals surface area contributed by atoms with Gasteiger partial charge in [-0.3, -0.25) is 19.2 Å². The van der Waals surface area contributed by atoms with Gasteiger partial charge in [-0.15, -0.1) is 0 Å². The Hall–Kier alpha value is -3.45. The normalized spacial score (nSPS) is 26.9. The number of unbranched alkanes of at least 4 members (excludes halogenated alkanes) is 2.